The molecule has 2 heteroatoms. The van der Waals surface area contributed by atoms with Crippen molar-refractivity contribution in [3.8, 4) is 0 Å². The smallest absolute Gasteiger partial charge is 0.0190 e. The number of hydrogen-bond acceptors (Lipinski definition) is 2. The van der Waals surface area contributed by atoms with Gasteiger partial charge in [-0.05, 0) is 13.3 Å². The molecule has 0 saturated carbocycles. The summed E-state index contributed by atoms with van der Waals surface area (Å²) in [5.74, 6) is 0. The summed E-state index contributed by atoms with van der Waals surface area (Å²) < 4.78 is 0. The summed E-state index contributed by atoms with van der Waals surface area (Å²) in [6.45, 7) is 12.1. The summed E-state index contributed by atoms with van der Waals surface area (Å²) >= 11 is 0. The summed E-state index contributed by atoms with van der Waals surface area (Å²) in [5, 5.41) is 0. The summed E-state index contributed by atoms with van der Waals surface area (Å²) in [7, 11) is 1.85. The van der Waals surface area contributed by atoms with Crippen molar-refractivity contribution in [2.24, 2.45) is 0 Å². The van der Waals surface area contributed by atoms with Gasteiger partial charge in [-0.3, -0.25) is 0 Å². The van der Waals surface area contributed by atoms with Crippen LogP contribution in [0.1, 0.15) is 48.0 Å². The predicted octanol–water partition coefficient (Wildman–Crippen LogP) is 3.08. The van der Waals surface area contributed by atoms with E-state index < -0.39 is 0 Å². The molecule has 0 rings (SSSR count). The average Bonchev–Trinajstić information content (AvgIpc) is 2.12. The Hall–Kier alpha value is -0.500. The zero-order valence-corrected chi connectivity index (χ0v) is 9.78. The molecule has 0 aliphatic rings. The predicted molar refractivity (Wildman–Crippen MR) is 58.9 cm³/mol. The van der Waals surface area contributed by atoms with Crippen molar-refractivity contribution in [2.45, 2.75) is 48.0 Å². The number of rotatable bonds is 3. The molecule has 76 valence electrons. The van der Waals surface area contributed by atoms with Crippen molar-refractivity contribution in [1.29, 1.82) is 0 Å². The fourth-order valence-corrected chi connectivity index (χ4v) is 0.554. The van der Waals surface area contributed by atoms with Crippen molar-refractivity contribution in [1.82, 2.24) is 10.9 Å². The van der Waals surface area contributed by atoms with Crippen LogP contribution in [0.4, 0.5) is 0 Å². The van der Waals surface area contributed by atoms with E-state index in [1.54, 1.807) is 0 Å². The van der Waals surface area contributed by atoms with Gasteiger partial charge >= 0.3 is 0 Å². The normalized spacial score (nSPS) is 8.75. The molecular weight excluding hydrogens is 148 g/mol. The lowest BCUT2D eigenvalue weighted by atomic mass is 10.4. The first-order valence-electron chi connectivity index (χ1n) is 4.90. The van der Waals surface area contributed by atoms with Crippen LogP contribution in [0.15, 0.2) is 11.8 Å². The highest BCUT2D eigenvalue weighted by atomic mass is 15.3. The lowest BCUT2D eigenvalue weighted by molar-refractivity contribution is 0.686. The van der Waals surface area contributed by atoms with Crippen LogP contribution in [0.25, 0.3) is 0 Å². The molecule has 0 fully saturated rings. The molecule has 2 nitrogen and oxygen atoms in total. The van der Waals surface area contributed by atoms with E-state index in [0.29, 0.717) is 0 Å². The minimum Gasteiger partial charge on any atom is -0.326 e. The number of allylic oxidation sites excluding steroid dienone is 2. The van der Waals surface area contributed by atoms with Crippen LogP contribution in [-0.4, -0.2) is 7.05 Å². The first-order chi connectivity index (χ1) is 5.81. The maximum Gasteiger partial charge on any atom is 0.0190 e. The molecule has 0 aromatic heterocycles. The van der Waals surface area contributed by atoms with E-state index in [-0.39, 0.29) is 0 Å². The third kappa shape index (κ3) is 22.7. The quantitative estimate of drug-likeness (QED) is 0.643. The molecule has 0 spiro atoms. The van der Waals surface area contributed by atoms with Crippen molar-refractivity contribution in [2.75, 3.05) is 7.05 Å². The van der Waals surface area contributed by atoms with E-state index in [4.69, 9.17) is 0 Å². The molecular formula is C10H26N2. The lowest BCUT2D eigenvalue weighted by Gasteiger charge is -2.01. The van der Waals surface area contributed by atoms with Gasteiger partial charge in [0.05, 0.1) is 0 Å². The van der Waals surface area contributed by atoms with E-state index in [1.165, 1.54) is 5.70 Å². The first kappa shape index (κ1) is 17.5. The first-order valence-corrected chi connectivity index (χ1v) is 4.90. The van der Waals surface area contributed by atoms with Gasteiger partial charge in [0, 0.05) is 12.7 Å². The van der Waals surface area contributed by atoms with Crippen LogP contribution in [0, 0.1) is 0 Å². The Kier molecular flexibility index (Phi) is 32.8. The minimum atomic E-state index is 1.08. The molecule has 0 saturated heterocycles. The molecule has 12 heavy (non-hydrogen) atoms. The molecule has 0 aliphatic carbocycles. The van der Waals surface area contributed by atoms with Gasteiger partial charge in [0.25, 0.3) is 0 Å². The van der Waals surface area contributed by atoms with Gasteiger partial charge in [0.1, 0.15) is 0 Å². The van der Waals surface area contributed by atoms with Gasteiger partial charge in [-0.1, -0.05) is 40.7 Å². The molecule has 0 bridgehead atoms. The van der Waals surface area contributed by atoms with Crippen molar-refractivity contribution < 1.29 is 0 Å². The van der Waals surface area contributed by atoms with E-state index in [0.717, 1.165) is 6.42 Å². The molecule has 2 N–H and O–H groups in total. The van der Waals surface area contributed by atoms with Gasteiger partial charge in [-0.25, -0.2) is 5.43 Å². The van der Waals surface area contributed by atoms with E-state index in [9.17, 15) is 0 Å². The molecule has 0 heterocycles. The molecule has 0 aliphatic heterocycles. The van der Waals surface area contributed by atoms with E-state index >= 15 is 0 Å². The Balaban J connectivity index is -0.000000175. The summed E-state index contributed by atoms with van der Waals surface area (Å²) in [4.78, 5) is 0. The van der Waals surface area contributed by atoms with Gasteiger partial charge in [-0.2, -0.15) is 0 Å². The maximum atomic E-state index is 2.96. The summed E-state index contributed by atoms with van der Waals surface area (Å²) in [6, 6.07) is 0. The van der Waals surface area contributed by atoms with Crippen LogP contribution in [0.5, 0.6) is 0 Å². The Morgan fingerprint density at radius 1 is 1.17 bits per heavy atom. The van der Waals surface area contributed by atoms with Crippen molar-refractivity contribution in [3.63, 3.8) is 0 Å². The Bertz CT molecular complexity index is 77.9. The van der Waals surface area contributed by atoms with E-state index in [1.807, 2.05) is 41.7 Å². The standard InChI is InChI=1S/C6H14N2.2C2H6/c1-4-5-6(2)8-7-3;2*1-2/h5,7-8H,4H2,1-3H3;2*1-2H3/b6-5-;;. The van der Waals surface area contributed by atoms with Gasteiger partial charge in [-0.15, -0.1) is 0 Å². The average molecular weight is 174 g/mol. The highest BCUT2D eigenvalue weighted by Crippen LogP contribution is 1.85. The van der Waals surface area contributed by atoms with Crippen molar-refractivity contribution >= 4 is 0 Å². The maximum absolute atomic E-state index is 2.96. The number of hydrazine groups is 1. The number of hydrogen-bond donors (Lipinski definition) is 2. The fraction of sp³-hybridized carbons (Fsp3) is 0.800. The van der Waals surface area contributed by atoms with Crippen LogP contribution < -0.4 is 10.9 Å². The SMILES string of the molecule is CC.CC.CC/C=C(/C)NNC. The Labute approximate surface area is 78.4 Å². The molecule has 0 unspecified atom stereocenters. The molecule has 0 aromatic carbocycles. The highest BCUT2D eigenvalue weighted by molar-refractivity contribution is 4.92. The van der Waals surface area contributed by atoms with Crippen molar-refractivity contribution in [3.05, 3.63) is 11.8 Å². The van der Waals surface area contributed by atoms with Crippen LogP contribution in [0.3, 0.4) is 0 Å². The molecule has 0 aromatic rings. The zero-order chi connectivity index (χ0) is 10.4. The highest BCUT2D eigenvalue weighted by Gasteiger charge is 1.77. The third-order valence-corrected chi connectivity index (χ3v) is 0.832. The lowest BCUT2D eigenvalue weighted by Crippen LogP contribution is -2.25. The van der Waals surface area contributed by atoms with Gasteiger partial charge in [0.2, 0.25) is 0 Å². The topological polar surface area (TPSA) is 24.1 Å². The van der Waals surface area contributed by atoms with Gasteiger partial charge < -0.3 is 5.43 Å². The van der Waals surface area contributed by atoms with Crippen LogP contribution in [-0.2, 0) is 0 Å². The Morgan fingerprint density at radius 3 is 1.83 bits per heavy atom. The molecule has 0 atom stereocenters. The Morgan fingerprint density at radius 2 is 1.58 bits per heavy atom. The van der Waals surface area contributed by atoms with E-state index in [2.05, 4.69) is 23.9 Å². The second kappa shape index (κ2) is 22.4. The van der Waals surface area contributed by atoms with Gasteiger partial charge in [0.15, 0.2) is 0 Å². The zero-order valence-electron chi connectivity index (χ0n) is 9.78. The second-order valence-corrected chi connectivity index (χ2v) is 1.67. The monoisotopic (exact) mass is 174 g/mol. The summed E-state index contributed by atoms with van der Waals surface area (Å²) in [6.07, 6.45) is 3.21. The second-order valence-electron chi connectivity index (χ2n) is 1.67. The minimum absolute atomic E-state index is 1.08. The largest absolute Gasteiger partial charge is 0.326 e. The summed E-state index contributed by atoms with van der Waals surface area (Å²) in [5.41, 5.74) is 6.97. The van der Waals surface area contributed by atoms with Crippen LogP contribution >= 0.6 is 0 Å². The van der Waals surface area contributed by atoms with Crippen LogP contribution in [0.2, 0.25) is 0 Å². The molecule has 0 radical (unpaired) electrons. The number of nitrogens with one attached hydrogen (secondary N) is 2. The third-order valence-electron chi connectivity index (χ3n) is 0.832. The fourth-order valence-electron chi connectivity index (χ4n) is 0.554. The molecule has 0 amide bonds.